The predicted molar refractivity (Wildman–Crippen MR) is 125 cm³/mol. The Morgan fingerprint density at radius 2 is 1.88 bits per heavy atom. The van der Waals surface area contributed by atoms with Gasteiger partial charge >= 0.3 is 0 Å². The third-order valence-electron chi connectivity index (χ3n) is 5.67. The van der Waals surface area contributed by atoms with Crippen molar-refractivity contribution in [3.8, 4) is 22.7 Å². The van der Waals surface area contributed by atoms with E-state index in [2.05, 4.69) is 69.3 Å². The number of benzene rings is 1. The highest BCUT2D eigenvalue weighted by Crippen LogP contribution is 2.37. The van der Waals surface area contributed by atoms with E-state index in [1.807, 2.05) is 31.5 Å². The second-order valence-electron chi connectivity index (χ2n) is 8.38. The molecule has 0 saturated heterocycles. The fourth-order valence-electron chi connectivity index (χ4n) is 4.14. The molecule has 0 atom stereocenters. The van der Waals surface area contributed by atoms with E-state index in [0.717, 1.165) is 40.0 Å². The highest BCUT2D eigenvalue weighted by atomic mass is 16.4. The Kier molecular flexibility index (Phi) is 5.27. The fraction of sp³-hybridized carbons (Fsp3) is 0.231. The standard InChI is InChI=1S/C26H25N5O/c1-16(2)24-21-14-20(7-8-22(21)29-25(24)19-10-12-28-17(3)13-19)26-31-30-23(32-26)9-6-18-5-4-11-27-15-18/h4-5,7-8,10-16,29H,6,9H2,1-3H3. The Morgan fingerprint density at radius 3 is 2.66 bits per heavy atom. The van der Waals surface area contributed by atoms with Crippen LogP contribution in [0, 0.1) is 6.92 Å². The van der Waals surface area contributed by atoms with E-state index in [9.17, 15) is 0 Å². The third kappa shape index (κ3) is 3.91. The van der Waals surface area contributed by atoms with E-state index >= 15 is 0 Å². The first-order valence-electron chi connectivity index (χ1n) is 10.9. The van der Waals surface area contributed by atoms with Gasteiger partial charge in [-0.15, -0.1) is 10.2 Å². The minimum Gasteiger partial charge on any atom is -0.421 e. The Balaban J connectivity index is 1.48. The number of H-pyrrole nitrogens is 1. The molecule has 0 aliphatic heterocycles. The van der Waals surface area contributed by atoms with Crippen LogP contribution in [0.25, 0.3) is 33.6 Å². The summed E-state index contributed by atoms with van der Waals surface area (Å²) in [5, 5.41) is 9.74. The number of nitrogens with zero attached hydrogens (tertiary/aromatic N) is 4. The minimum atomic E-state index is 0.347. The summed E-state index contributed by atoms with van der Waals surface area (Å²) in [4.78, 5) is 12.1. The second-order valence-corrected chi connectivity index (χ2v) is 8.38. The normalized spacial score (nSPS) is 11.5. The van der Waals surface area contributed by atoms with E-state index in [1.165, 1.54) is 10.9 Å². The number of hydrogen-bond donors (Lipinski definition) is 1. The van der Waals surface area contributed by atoms with E-state index in [0.29, 0.717) is 24.1 Å². The Bertz CT molecular complexity index is 1370. The summed E-state index contributed by atoms with van der Waals surface area (Å²) >= 11 is 0. The highest BCUT2D eigenvalue weighted by molar-refractivity contribution is 5.93. The van der Waals surface area contributed by atoms with Crippen LogP contribution < -0.4 is 0 Å². The molecule has 4 aromatic heterocycles. The molecule has 0 fully saturated rings. The lowest BCUT2D eigenvalue weighted by atomic mass is 9.95. The fourth-order valence-corrected chi connectivity index (χ4v) is 4.14. The molecule has 0 spiro atoms. The molecule has 160 valence electrons. The van der Waals surface area contributed by atoms with Crippen LogP contribution in [0.3, 0.4) is 0 Å². The van der Waals surface area contributed by atoms with Crippen LogP contribution in [0.5, 0.6) is 0 Å². The van der Waals surface area contributed by atoms with Gasteiger partial charge in [0.2, 0.25) is 11.8 Å². The van der Waals surface area contributed by atoms with Crippen LogP contribution in [0.15, 0.2) is 65.5 Å². The van der Waals surface area contributed by atoms with E-state index < -0.39 is 0 Å². The van der Waals surface area contributed by atoms with E-state index in [-0.39, 0.29) is 0 Å². The number of hydrogen-bond acceptors (Lipinski definition) is 5. The molecule has 0 aliphatic carbocycles. The highest BCUT2D eigenvalue weighted by Gasteiger charge is 2.18. The van der Waals surface area contributed by atoms with Gasteiger partial charge in [0.15, 0.2) is 0 Å². The number of nitrogens with one attached hydrogen (secondary N) is 1. The number of aromatic amines is 1. The van der Waals surface area contributed by atoms with Gasteiger partial charge in [-0.2, -0.15) is 0 Å². The largest absolute Gasteiger partial charge is 0.421 e. The summed E-state index contributed by atoms with van der Waals surface area (Å²) in [7, 11) is 0. The third-order valence-corrected chi connectivity index (χ3v) is 5.67. The van der Waals surface area contributed by atoms with Crippen molar-refractivity contribution < 1.29 is 4.42 Å². The molecule has 6 heteroatoms. The van der Waals surface area contributed by atoms with Gasteiger partial charge in [-0.1, -0.05) is 19.9 Å². The lowest BCUT2D eigenvalue weighted by Crippen LogP contribution is -1.91. The van der Waals surface area contributed by atoms with Crippen molar-refractivity contribution >= 4 is 10.9 Å². The molecule has 32 heavy (non-hydrogen) atoms. The van der Waals surface area contributed by atoms with E-state index in [1.54, 1.807) is 6.20 Å². The number of pyridine rings is 2. The minimum absolute atomic E-state index is 0.347. The predicted octanol–water partition coefficient (Wildman–Crippen LogP) is 5.89. The quantitative estimate of drug-likeness (QED) is 0.368. The summed E-state index contributed by atoms with van der Waals surface area (Å²) in [5.74, 6) is 1.53. The Morgan fingerprint density at radius 1 is 0.969 bits per heavy atom. The van der Waals surface area contributed by atoms with Gasteiger partial charge < -0.3 is 9.40 Å². The molecule has 0 amide bonds. The molecule has 0 bridgehead atoms. The number of aromatic nitrogens is 5. The van der Waals surface area contributed by atoms with Crippen LogP contribution in [-0.2, 0) is 12.8 Å². The van der Waals surface area contributed by atoms with Gasteiger partial charge in [0.05, 0.1) is 5.69 Å². The molecule has 5 aromatic rings. The lowest BCUT2D eigenvalue weighted by Gasteiger charge is -2.09. The molecule has 0 saturated carbocycles. The molecule has 6 nitrogen and oxygen atoms in total. The van der Waals surface area contributed by atoms with Crippen molar-refractivity contribution in [3.63, 3.8) is 0 Å². The maximum Gasteiger partial charge on any atom is 0.247 e. The molecular weight excluding hydrogens is 398 g/mol. The maximum absolute atomic E-state index is 5.99. The van der Waals surface area contributed by atoms with Crippen molar-refractivity contribution in [2.24, 2.45) is 0 Å². The number of fused-ring (bicyclic) bond motifs is 1. The molecule has 0 radical (unpaired) electrons. The summed E-state index contributed by atoms with van der Waals surface area (Å²) in [6.07, 6.45) is 7.01. The molecule has 0 aliphatic rings. The zero-order valence-electron chi connectivity index (χ0n) is 18.5. The summed E-state index contributed by atoms with van der Waals surface area (Å²) in [6.45, 7) is 6.45. The first kappa shape index (κ1) is 20.1. The maximum atomic E-state index is 5.99. The molecule has 4 heterocycles. The van der Waals surface area contributed by atoms with Crippen molar-refractivity contribution in [1.82, 2.24) is 25.1 Å². The average molecular weight is 424 g/mol. The Hall–Kier alpha value is -3.80. The van der Waals surface area contributed by atoms with Gasteiger partial charge in [-0.3, -0.25) is 9.97 Å². The summed E-state index contributed by atoms with van der Waals surface area (Å²) in [6, 6.07) is 14.4. The Labute approximate surface area is 186 Å². The van der Waals surface area contributed by atoms with Crippen LogP contribution in [0.2, 0.25) is 0 Å². The zero-order chi connectivity index (χ0) is 22.1. The summed E-state index contributed by atoms with van der Waals surface area (Å²) in [5.41, 5.74) is 7.75. The van der Waals surface area contributed by atoms with Gasteiger partial charge in [0.1, 0.15) is 0 Å². The topological polar surface area (TPSA) is 80.5 Å². The first-order chi connectivity index (χ1) is 15.6. The van der Waals surface area contributed by atoms with Crippen LogP contribution in [-0.4, -0.2) is 25.1 Å². The first-order valence-corrected chi connectivity index (χ1v) is 10.9. The van der Waals surface area contributed by atoms with Crippen molar-refractivity contribution in [3.05, 3.63) is 83.8 Å². The van der Waals surface area contributed by atoms with Gasteiger partial charge in [-0.05, 0) is 66.8 Å². The van der Waals surface area contributed by atoms with Crippen molar-refractivity contribution in [2.45, 2.75) is 39.5 Å². The van der Waals surface area contributed by atoms with Gasteiger partial charge in [-0.25, -0.2) is 0 Å². The lowest BCUT2D eigenvalue weighted by molar-refractivity contribution is 0.504. The van der Waals surface area contributed by atoms with Crippen molar-refractivity contribution in [2.75, 3.05) is 0 Å². The molecule has 5 rings (SSSR count). The van der Waals surface area contributed by atoms with E-state index in [4.69, 9.17) is 4.42 Å². The van der Waals surface area contributed by atoms with Crippen molar-refractivity contribution in [1.29, 1.82) is 0 Å². The molecule has 1 N–H and O–H groups in total. The number of aryl methyl sites for hydroxylation is 3. The van der Waals surface area contributed by atoms with Crippen LogP contribution in [0.1, 0.15) is 42.5 Å². The molecular formula is C26H25N5O. The van der Waals surface area contributed by atoms with Crippen LogP contribution >= 0.6 is 0 Å². The number of rotatable bonds is 6. The van der Waals surface area contributed by atoms with Crippen LogP contribution in [0.4, 0.5) is 0 Å². The molecule has 1 aromatic carbocycles. The smallest absolute Gasteiger partial charge is 0.247 e. The molecule has 0 unspecified atom stereocenters. The monoisotopic (exact) mass is 423 g/mol. The zero-order valence-corrected chi connectivity index (χ0v) is 18.5. The van der Waals surface area contributed by atoms with Gasteiger partial charge in [0.25, 0.3) is 0 Å². The average Bonchev–Trinajstić information content (AvgIpc) is 3.43. The van der Waals surface area contributed by atoms with Gasteiger partial charge in [0, 0.05) is 52.7 Å². The summed E-state index contributed by atoms with van der Waals surface area (Å²) < 4.78 is 5.99. The SMILES string of the molecule is Cc1cc(-c2[nH]c3ccc(-c4nnc(CCc5cccnc5)o4)cc3c2C(C)C)ccn1. The second kappa shape index (κ2) is 8.38.